The van der Waals surface area contributed by atoms with Gasteiger partial charge < -0.3 is 10.2 Å². The Bertz CT molecular complexity index is 617. The summed E-state index contributed by atoms with van der Waals surface area (Å²) in [4.78, 5) is 13.4. The quantitative estimate of drug-likeness (QED) is 0.920. The van der Waals surface area contributed by atoms with E-state index in [-0.39, 0.29) is 18.1 Å². The first kappa shape index (κ1) is 15.0. The van der Waals surface area contributed by atoms with Crippen LogP contribution >= 0.6 is 0 Å². The highest BCUT2D eigenvalue weighted by molar-refractivity contribution is 5.73. The lowest BCUT2D eigenvalue weighted by molar-refractivity contribution is 0.206. The van der Waals surface area contributed by atoms with E-state index in [1.807, 2.05) is 30.3 Å². The number of nitrogens with zero attached hydrogens (tertiary/aromatic N) is 1. The molecule has 0 atom stereocenters. The van der Waals surface area contributed by atoms with E-state index in [9.17, 15) is 13.6 Å². The van der Waals surface area contributed by atoms with Crippen molar-refractivity contribution in [1.29, 1.82) is 0 Å². The van der Waals surface area contributed by atoms with Crippen molar-refractivity contribution < 1.29 is 13.6 Å². The first-order chi connectivity index (χ1) is 10.1. The Hall–Kier alpha value is -2.43. The van der Waals surface area contributed by atoms with Crippen LogP contribution in [0.5, 0.6) is 0 Å². The molecule has 110 valence electrons. The molecule has 0 aliphatic carbocycles. The zero-order chi connectivity index (χ0) is 15.2. The van der Waals surface area contributed by atoms with E-state index in [1.54, 1.807) is 7.05 Å². The average molecular weight is 290 g/mol. The Labute approximate surface area is 122 Å². The summed E-state index contributed by atoms with van der Waals surface area (Å²) in [5.41, 5.74) is 1.11. The predicted molar refractivity (Wildman–Crippen MR) is 76.5 cm³/mol. The molecule has 5 heteroatoms. The molecule has 2 rings (SSSR count). The molecule has 0 saturated carbocycles. The second-order valence-corrected chi connectivity index (χ2v) is 4.74. The van der Waals surface area contributed by atoms with Crippen molar-refractivity contribution in [2.45, 2.75) is 13.1 Å². The molecule has 0 bridgehead atoms. The van der Waals surface area contributed by atoms with Crippen molar-refractivity contribution in [2.75, 3.05) is 7.05 Å². The number of carbonyl (C=O) groups excluding carboxylic acids is 1. The van der Waals surface area contributed by atoms with Gasteiger partial charge in [-0.1, -0.05) is 30.3 Å². The van der Waals surface area contributed by atoms with Gasteiger partial charge in [-0.15, -0.1) is 0 Å². The average Bonchev–Trinajstić information content (AvgIpc) is 2.49. The molecule has 1 N–H and O–H groups in total. The largest absolute Gasteiger partial charge is 0.334 e. The summed E-state index contributed by atoms with van der Waals surface area (Å²) in [6.45, 7) is 0.389. The third-order valence-corrected chi connectivity index (χ3v) is 3.05. The van der Waals surface area contributed by atoms with E-state index in [0.717, 1.165) is 23.8 Å². The zero-order valence-electron chi connectivity index (χ0n) is 11.6. The van der Waals surface area contributed by atoms with E-state index in [2.05, 4.69) is 5.32 Å². The minimum absolute atomic E-state index is 0.0540. The van der Waals surface area contributed by atoms with Gasteiger partial charge in [-0.2, -0.15) is 0 Å². The van der Waals surface area contributed by atoms with E-state index >= 15 is 0 Å². The molecule has 0 heterocycles. The van der Waals surface area contributed by atoms with Gasteiger partial charge in [0.2, 0.25) is 0 Å². The lowest BCUT2D eigenvalue weighted by Gasteiger charge is -2.18. The van der Waals surface area contributed by atoms with Crippen LogP contribution in [0.3, 0.4) is 0 Å². The number of hydrogen-bond acceptors (Lipinski definition) is 1. The molecule has 21 heavy (non-hydrogen) atoms. The number of amides is 2. The van der Waals surface area contributed by atoms with Crippen LogP contribution in [0.2, 0.25) is 0 Å². The monoisotopic (exact) mass is 290 g/mol. The highest BCUT2D eigenvalue weighted by Gasteiger charge is 2.10. The van der Waals surface area contributed by atoms with Crippen LogP contribution in [0.4, 0.5) is 13.6 Å². The fourth-order valence-corrected chi connectivity index (χ4v) is 1.91. The van der Waals surface area contributed by atoms with Crippen molar-refractivity contribution in [2.24, 2.45) is 0 Å². The summed E-state index contributed by atoms with van der Waals surface area (Å²) in [6, 6.07) is 12.3. The number of halogens is 2. The lowest BCUT2D eigenvalue weighted by Crippen LogP contribution is -2.36. The van der Waals surface area contributed by atoms with Crippen LogP contribution in [-0.2, 0) is 13.1 Å². The standard InChI is InChI=1S/C16H16F2N2O/c1-20(11-12-5-3-2-4-6-12)16(21)19-10-13-9-14(17)7-8-15(13)18/h2-9H,10-11H2,1H3,(H,19,21). The Kier molecular flexibility index (Phi) is 4.87. The summed E-state index contributed by atoms with van der Waals surface area (Å²) in [7, 11) is 1.64. The fraction of sp³-hybridized carbons (Fsp3) is 0.188. The van der Waals surface area contributed by atoms with Gasteiger partial charge >= 0.3 is 6.03 Å². The summed E-state index contributed by atoms with van der Waals surface area (Å²) < 4.78 is 26.5. The Morgan fingerprint density at radius 2 is 1.86 bits per heavy atom. The van der Waals surface area contributed by atoms with Crippen molar-refractivity contribution in [3.63, 3.8) is 0 Å². The van der Waals surface area contributed by atoms with Crippen molar-refractivity contribution >= 4 is 6.03 Å². The topological polar surface area (TPSA) is 32.3 Å². The van der Waals surface area contributed by atoms with Crippen LogP contribution < -0.4 is 5.32 Å². The highest BCUT2D eigenvalue weighted by Crippen LogP contribution is 2.09. The Morgan fingerprint density at radius 3 is 2.57 bits per heavy atom. The third-order valence-electron chi connectivity index (χ3n) is 3.05. The van der Waals surface area contributed by atoms with Gasteiger partial charge in [0.15, 0.2) is 0 Å². The smallest absolute Gasteiger partial charge is 0.317 e. The van der Waals surface area contributed by atoms with E-state index in [4.69, 9.17) is 0 Å². The normalized spacial score (nSPS) is 10.2. The molecule has 0 saturated heterocycles. The van der Waals surface area contributed by atoms with Gasteiger partial charge in [-0.05, 0) is 23.8 Å². The van der Waals surface area contributed by atoms with E-state index in [0.29, 0.717) is 6.54 Å². The zero-order valence-corrected chi connectivity index (χ0v) is 11.6. The molecule has 0 aliphatic rings. The van der Waals surface area contributed by atoms with Crippen LogP contribution in [-0.4, -0.2) is 18.0 Å². The maximum absolute atomic E-state index is 13.4. The first-order valence-corrected chi connectivity index (χ1v) is 6.53. The minimum Gasteiger partial charge on any atom is -0.334 e. The van der Waals surface area contributed by atoms with E-state index < -0.39 is 11.6 Å². The number of urea groups is 1. The molecule has 0 spiro atoms. The highest BCUT2D eigenvalue weighted by atomic mass is 19.1. The fourth-order valence-electron chi connectivity index (χ4n) is 1.91. The molecule has 0 aliphatic heterocycles. The van der Waals surface area contributed by atoms with Gasteiger partial charge in [-0.25, -0.2) is 13.6 Å². The first-order valence-electron chi connectivity index (χ1n) is 6.53. The number of rotatable bonds is 4. The van der Waals surface area contributed by atoms with E-state index in [1.165, 1.54) is 4.90 Å². The second-order valence-electron chi connectivity index (χ2n) is 4.74. The minimum atomic E-state index is -0.539. The van der Waals surface area contributed by atoms with Gasteiger partial charge in [0, 0.05) is 25.7 Å². The summed E-state index contributed by atoms with van der Waals surface area (Å²) >= 11 is 0. The number of benzene rings is 2. The summed E-state index contributed by atoms with van der Waals surface area (Å²) in [5.74, 6) is -1.07. The molecule has 0 fully saturated rings. The van der Waals surface area contributed by atoms with Crippen LogP contribution in [0, 0.1) is 11.6 Å². The molecule has 0 aromatic heterocycles. The van der Waals surface area contributed by atoms with Crippen LogP contribution in [0.15, 0.2) is 48.5 Å². The number of nitrogens with one attached hydrogen (secondary N) is 1. The number of hydrogen-bond donors (Lipinski definition) is 1. The van der Waals surface area contributed by atoms with Gasteiger partial charge in [0.25, 0.3) is 0 Å². The maximum Gasteiger partial charge on any atom is 0.317 e. The van der Waals surface area contributed by atoms with Gasteiger partial charge in [-0.3, -0.25) is 0 Å². The van der Waals surface area contributed by atoms with Crippen molar-refractivity contribution in [1.82, 2.24) is 10.2 Å². The van der Waals surface area contributed by atoms with Crippen molar-refractivity contribution in [3.05, 3.63) is 71.3 Å². The predicted octanol–water partition coefficient (Wildman–Crippen LogP) is 3.31. The van der Waals surface area contributed by atoms with Gasteiger partial charge in [0.05, 0.1) is 0 Å². The molecule has 2 aromatic rings. The summed E-state index contributed by atoms with van der Waals surface area (Å²) in [5, 5.41) is 2.57. The Balaban J connectivity index is 1.91. The Morgan fingerprint density at radius 1 is 1.14 bits per heavy atom. The lowest BCUT2D eigenvalue weighted by atomic mass is 10.2. The molecular weight excluding hydrogens is 274 g/mol. The molecule has 2 amide bonds. The van der Waals surface area contributed by atoms with Gasteiger partial charge in [0.1, 0.15) is 11.6 Å². The molecule has 0 radical (unpaired) electrons. The summed E-state index contributed by atoms with van der Waals surface area (Å²) in [6.07, 6.45) is 0. The molecule has 2 aromatic carbocycles. The molecule has 3 nitrogen and oxygen atoms in total. The van der Waals surface area contributed by atoms with Crippen molar-refractivity contribution in [3.8, 4) is 0 Å². The van der Waals surface area contributed by atoms with Crippen LogP contribution in [0.25, 0.3) is 0 Å². The maximum atomic E-state index is 13.4. The second kappa shape index (κ2) is 6.83. The SMILES string of the molecule is CN(Cc1ccccc1)C(=O)NCc1cc(F)ccc1F. The third kappa shape index (κ3) is 4.27. The molecular formula is C16H16F2N2O. The number of carbonyl (C=O) groups is 1. The van der Waals surface area contributed by atoms with Crippen LogP contribution in [0.1, 0.15) is 11.1 Å². The molecule has 0 unspecified atom stereocenters.